The molecule has 2 aliphatic heterocycles. The van der Waals surface area contributed by atoms with Crippen LogP contribution in [0.15, 0.2) is 12.4 Å². The Kier molecular flexibility index (Phi) is 7.02. The molecule has 3 aliphatic rings. The third kappa shape index (κ3) is 6.18. The molecule has 1 aliphatic carbocycles. The third-order valence-electron chi connectivity index (χ3n) is 5.38. The highest BCUT2D eigenvalue weighted by Gasteiger charge is 2.44. The first-order chi connectivity index (χ1) is 14.2. The molecule has 8 nitrogen and oxygen atoms in total. The molecule has 168 valence electrons. The molecule has 11 heteroatoms. The smallest absolute Gasteiger partial charge is 0.481 e. The number of hydrogen-bond acceptors (Lipinski definition) is 7. The number of methoxy groups -OCH3 is 1. The summed E-state index contributed by atoms with van der Waals surface area (Å²) >= 11 is 0. The minimum absolute atomic E-state index is 0.0787. The topological polar surface area (TPSA) is 94.0 Å². The summed E-state index contributed by atoms with van der Waals surface area (Å²) in [6.07, 6.45) is 2.63. The first-order valence-corrected chi connectivity index (χ1v) is 9.87. The number of aliphatic carboxylic acids is 1. The number of carboxylic acid groups (broad SMARTS) is 1. The Bertz CT molecular complexity index is 732. The van der Waals surface area contributed by atoms with Gasteiger partial charge in [-0.1, -0.05) is 0 Å². The van der Waals surface area contributed by atoms with Gasteiger partial charge in [0.25, 0.3) is 0 Å². The van der Waals surface area contributed by atoms with E-state index in [2.05, 4.69) is 14.9 Å². The fourth-order valence-electron chi connectivity index (χ4n) is 3.66. The number of carboxylic acids is 1. The van der Waals surface area contributed by atoms with Crippen LogP contribution in [-0.4, -0.2) is 72.3 Å². The van der Waals surface area contributed by atoms with Crippen LogP contribution in [0.5, 0.6) is 5.88 Å². The van der Waals surface area contributed by atoms with Gasteiger partial charge in [0.05, 0.1) is 25.4 Å². The molecule has 30 heavy (non-hydrogen) atoms. The predicted octanol–water partition coefficient (Wildman–Crippen LogP) is 2.67. The molecule has 0 bridgehead atoms. The lowest BCUT2D eigenvalue weighted by atomic mass is 9.89. The zero-order chi connectivity index (χ0) is 21.8. The summed E-state index contributed by atoms with van der Waals surface area (Å²) in [5.74, 6) is -0.426. The number of carbonyl (C=O) groups is 1. The number of halogens is 3. The molecule has 1 N–H and O–H groups in total. The molecule has 0 aromatic carbocycles. The van der Waals surface area contributed by atoms with E-state index in [1.165, 1.54) is 12.8 Å². The summed E-state index contributed by atoms with van der Waals surface area (Å²) in [4.78, 5) is 19.7. The zero-order valence-corrected chi connectivity index (χ0v) is 16.7. The fourth-order valence-corrected chi connectivity index (χ4v) is 3.66. The van der Waals surface area contributed by atoms with Gasteiger partial charge in [-0.15, -0.1) is 0 Å². The average molecular weight is 433 g/mol. The van der Waals surface area contributed by atoms with Crippen LogP contribution in [0.25, 0.3) is 0 Å². The number of alkyl halides is 3. The lowest BCUT2D eigenvalue weighted by Crippen LogP contribution is -2.48. The van der Waals surface area contributed by atoms with E-state index in [0.29, 0.717) is 5.88 Å². The Labute approximate surface area is 172 Å². The van der Waals surface area contributed by atoms with Crippen molar-refractivity contribution in [1.29, 1.82) is 0 Å². The zero-order valence-electron chi connectivity index (χ0n) is 16.7. The minimum Gasteiger partial charge on any atom is -0.481 e. The quantitative estimate of drug-likeness (QED) is 0.758. The van der Waals surface area contributed by atoms with Gasteiger partial charge >= 0.3 is 12.1 Å². The number of rotatable bonds is 5. The van der Waals surface area contributed by atoms with Gasteiger partial charge in [0.15, 0.2) is 0 Å². The van der Waals surface area contributed by atoms with Crippen molar-refractivity contribution in [3.05, 3.63) is 12.4 Å². The Balaban J connectivity index is 0.000000318. The number of anilines is 1. The van der Waals surface area contributed by atoms with Gasteiger partial charge in [0.2, 0.25) is 5.88 Å². The van der Waals surface area contributed by atoms with Gasteiger partial charge in [0.1, 0.15) is 12.1 Å². The second-order valence-corrected chi connectivity index (χ2v) is 7.84. The van der Waals surface area contributed by atoms with Crippen LogP contribution in [0.3, 0.4) is 0 Å². The molecule has 0 radical (unpaired) electrons. The Morgan fingerprint density at radius 2 is 2.13 bits per heavy atom. The summed E-state index contributed by atoms with van der Waals surface area (Å²) in [5.41, 5.74) is -0.0787. The van der Waals surface area contributed by atoms with Crippen LogP contribution in [0.1, 0.15) is 32.1 Å². The second-order valence-electron chi connectivity index (χ2n) is 7.84. The lowest BCUT2D eigenvalue weighted by molar-refractivity contribution is -0.192. The van der Waals surface area contributed by atoms with Gasteiger partial charge in [-0.25, -0.2) is 14.8 Å². The van der Waals surface area contributed by atoms with E-state index in [4.69, 9.17) is 24.1 Å². The Morgan fingerprint density at radius 1 is 1.40 bits per heavy atom. The van der Waals surface area contributed by atoms with Crippen LogP contribution >= 0.6 is 0 Å². The molecule has 0 amide bonds. The van der Waals surface area contributed by atoms with Gasteiger partial charge in [-0.3, -0.25) is 0 Å². The van der Waals surface area contributed by atoms with E-state index in [0.717, 1.165) is 57.3 Å². The molecule has 3 heterocycles. The van der Waals surface area contributed by atoms with Crippen molar-refractivity contribution in [2.24, 2.45) is 5.92 Å². The summed E-state index contributed by atoms with van der Waals surface area (Å²) in [6.45, 7) is 3.51. The molecule has 2 atom stereocenters. The maximum atomic E-state index is 10.6. The number of piperidine rings is 1. The van der Waals surface area contributed by atoms with E-state index < -0.39 is 12.1 Å². The summed E-state index contributed by atoms with van der Waals surface area (Å²) in [6, 6.07) is 1.90. The lowest BCUT2D eigenvalue weighted by Gasteiger charge is -2.40. The first kappa shape index (κ1) is 22.5. The SMILES string of the molecule is COc1cc(N2CCCC3(CC(OCC4CC4)CO3)C2)ncn1.O=C(O)C(F)(F)F. The maximum Gasteiger partial charge on any atom is 0.490 e. The van der Waals surface area contributed by atoms with Crippen LogP contribution in [0.2, 0.25) is 0 Å². The highest BCUT2D eigenvalue weighted by molar-refractivity contribution is 5.73. The van der Waals surface area contributed by atoms with Crippen LogP contribution in [0.4, 0.5) is 19.0 Å². The van der Waals surface area contributed by atoms with Crippen molar-refractivity contribution in [1.82, 2.24) is 9.97 Å². The van der Waals surface area contributed by atoms with Crippen molar-refractivity contribution in [2.45, 2.75) is 50.0 Å². The number of nitrogens with zero attached hydrogens (tertiary/aromatic N) is 3. The van der Waals surface area contributed by atoms with Gasteiger partial charge in [0, 0.05) is 32.2 Å². The molecular formula is C19H26F3N3O5. The third-order valence-corrected chi connectivity index (χ3v) is 5.38. The monoisotopic (exact) mass is 433 g/mol. The van der Waals surface area contributed by atoms with Crippen LogP contribution < -0.4 is 9.64 Å². The molecule has 4 rings (SSSR count). The molecule has 2 unspecified atom stereocenters. The van der Waals surface area contributed by atoms with Crippen molar-refractivity contribution < 1.29 is 37.3 Å². The second kappa shape index (κ2) is 9.34. The highest BCUT2D eigenvalue weighted by atomic mass is 19.4. The van der Waals surface area contributed by atoms with E-state index in [9.17, 15) is 13.2 Å². The molecular weight excluding hydrogens is 407 g/mol. The maximum absolute atomic E-state index is 10.6. The summed E-state index contributed by atoms with van der Waals surface area (Å²) < 4.78 is 49.2. The Morgan fingerprint density at radius 3 is 2.77 bits per heavy atom. The van der Waals surface area contributed by atoms with Gasteiger partial charge in [-0.2, -0.15) is 13.2 Å². The standard InChI is InChI=1S/C17H25N3O3.C2HF3O2/c1-21-16-7-15(18-12-19-16)20-6-2-5-17(11-20)8-14(10-23-17)22-9-13-3-4-13;3-2(4,5)1(6)7/h7,12-14H,2-6,8-11H2,1H3;(H,6,7). The number of hydrogen-bond donors (Lipinski definition) is 1. The van der Waals surface area contributed by atoms with E-state index in [1.54, 1.807) is 13.4 Å². The van der Waals surface area contributed by atoms with Gasteiger partial charge in [-0.05, 0) is 31.6 Å². The van der Waals surface area contributed by atoms with Crippen molar-refractivity contribution >= 4 is 11.8 Å². The molecule has 1 saturated carbocycles. The summed E-state index contributed by atoms with van der Waals surface area (Å²) in [7, 11) is 1.63. The molecule has 1 aromatic heterocycles. The van der Waals surface area contributed by atoms with Gasteiger partial charge < -0.3 is 24.2 Å². The number of ether oxygens (including phenoxy) is 3. The summed E-state index contributed by atoms with van der Waals surface area (Å²) in [5, 5.41) is 7.12. The minimum atomic E-state index is -5.08. The molecule has 1 spiro atoms. The van der Waals surface area contributed by atoms with E-state index >= 15 is 0 Å². The fraction of sp³-hybridized carbons (Fsp3) is 0.737. The highest BCUT2D eigenvalue weighted by Crippen LogP contribution is 2.38. The van der Waals surface area contributed by atoms with Crippen molar-refractivity contribution in [2.75, 3.05) is 38.3 Å². The largest absolute Gasteiger partial charge is 0.490 e. The first-order valence-electron chi connectivity index (χ1n) is 9.87. The van der Waals surface area contributed by atoms with Crippen molar-refractivity contribution in [3.8, 4) is 5.88 Å². The predicted molar refractivity (Wildman–Crippen MR) is 99.5 cm³/mol. The Hall–Kier alpha value is -2.14. The van der Waals surface area contributed by atoms with Crippen LogP contribution in [0, 0.1) is 5.92 Å². The van der Waals surface area contributed by atoms with E-state index in [-0.39, 0.29) is 11.7 Å². The number of aromatic nitrogens is 2. The van der Waals surface area contributed by atoms with Crippen LogP contribution in [-0.2, 0) is 14.3 Å². The molecule has 2 saturated heterocycles. The average Bonchev–Trinajstić information content (AvgIpc) is 3.48. The van der Waals surface area contributed by atoms with Crippen molar-refractivity contribution in [3.63, 3.8) is 0 Å². The normalized spacial score (nSPS) is 26.3. The molecule has 1 aromatic rings. The van der Waals surface area contributed by atoms with E-state index in [1.807, 2.05) is 6.07 Å². The molecule has 3 fully saturated rings.